The summed E-state index contributed by atoms with van der Waals surface area (Å²) in [4.78, 5) is 23.3. The van der Waals surface area contributed by atoms with E-state index in [1.807, 2.05) is 21.1 Å². The van der Waals surface area contributed by atoms with Gasteiger partial charge in [-0.1, -0.05) is 232 Å². The van der Waals surface area contributed by atoms with Crippen LogP contribution in [0.2, 0.25) is 0 Å². The molecule has 9 heteroatoms. The van der Waals surface area contributed by atoms with Gasteiger partial charge in [-0.15, -0.1) is 0 Å². The van der Waals surface area contributed by atoms with Gasteiger partial charge in [-0.25, -0.2) is 4.57 Å². The molecule has 0 radical (unpaired) electrons. The summed E-state index contributed by atoms with van der Waals surface area (Å²) in [5, 5.41) is 14.0. The van der Waals surface area contributed by atoms with Gasteiger partial charge in [0.2, 0.25) is 5.91 Å². The fourth-order valence-electron chi connectivity index (χ4n) is 7.37. The van der Waals surface area contributed by atoms with E-state index in [1.165, 1.54) is 64.2 Å². The molecule has 8 nitrogen and oxygen atoms in total. The third kappa shape index (κ3) is 52.7. The fourth-order valence-corrected chi connectivity index (χ4v) is 8.10. The molecular weight excluding hydrogens is 888 g/mol. The molecule has 3 atom stereocenters. The maximum Gasteiger partial charge on any atom is 0.472 e. The summed E-state index contributed by atoms with van der Waals surface area (Å²) in [6, 6.07) is -0.783. The molecule has 400 valence electrons. The predicted molar refractivity (Wildman–Crippen MR) is 304 cm³/mol. The second-order valence-electron chi connectivity index (χ2n) is 19.6. The SMILES string of the molecule is CC/C=C\C/C=C\C/C=C\C/C=C\C/C=C\C/C=C\C/C=C\C/C=C\C/C=C\C/C=C\CCCCCCC(=O)NC(COP(=O)(O)OCC[N+](C)(C)C)C(O)CCCCCCCCCCCCCCC. The van der Waals surface area contributed by atoms with E-state index in [-0.39, 0.29) is 19.1 Å². The van der Waals surface area contributed by atoms with Crippen molar-refractivity contribution in [2.75, 3.05) is 40.9 Å². The second kappa shape index (κ2) is 50.8. The number of quaternary nitrogens is 1. The molecule has 3 unspecified atom stereocenters. The van der Waals surface area contributed by atoms with Crippen molar-refractivity contribution >= 4 is 13.7 Å². The van der Waals surface area contributed by atoms with Crippen LogP contribution in [0.25, 0.3) is 0 Å². The molecule has 0 heterocycles. The molecule has 0 saturated carbocycles. The number of allylic oxidation sites excluding steroid dienone is 20. The zero-order chi connectivity index (χ0) is 51.3. The number of likely N-dealkylation sites (N-methyl/N-ethyl adjacent to an activating group) is 1. The minimum Gasteiger partial charge on any atom is -0.391 e. The second-order valence-corrected chi connectivity index (χ2v) is 21.0. The van der Waals surface area contributed by atoms with Crippen molar-refractivity contribution < 1.29 is 32.9 Å². The van der Waals surface area contributed by atoms with Gasteiger partial charge in [0, 0.05) is 6.42 Å². The van der Waals surface area contributed by atoms with E-state index in [0.717, 1.165) is 116 Å². The predicted octanol–water partition coefficient (Wildman–Crippen LogP) is 17.0. The van der Waals surface area contributed by atoms with Crippen LogP contribution in [0.3, 0.4) is 0 Å². The third-order valence-electron chi connectivity index (χ3n) is 11.7. The van der Waals surface area contributed by atoms with E-state index in [1.54, 1.807) is 0 Å². The van der Waals surface area contributed by atoms with Gasteiger partial charge in [-0.05, 0) is 89.9 Å². The highest BCUT2D eigenvalue weighted by molar-refractivity contribution is 7.47. The average Bonchev–Trinajstić information content (AvgIpc) is 3.32. The summed E-state index contributed by atoms with van der Waals surface area (Å²) in [6.45, 7) is 4.73. The minimum absolute atomic E-state index is 0.0628. The van der Waals surface area contributed by atoms with Crippen LogP contribution >= 0.6 is 7.82 Å². The molecule has 0 aromatic heterocycles. The van der Waals surface area contributed by atoms with Crippen LogP contribution in [0.1, 0.15) is 206 Å². The van der Waals surface area contributed by atoms with Crippen LogP contribution < -0.4 is 5.32 Å². The van der Waals surface area contributed by atoms with Crippen LogP contribution in [-0.4, -0.2) is 73.4 Å². The van der Waals surface area contributed by atoms with Crippen molar-refractivity contribution in [3.05, 3.63) is 122 Å². The third-order valence-corrected chi connectivity index (χ3v) is 12.7. The number of phosphoric acid groups is 1. The molecule has 0 spiro atoms. The Hall–Kier alpha value is -3.10. The van der Waals surface area contributed by atoms with Crippen LogP contribution in [0.4, 0.5) is 0 Å². The summed E-state index contributed by atoms with van der Waals surface area (Å²) >= 11 is 0. The normalized spacial score (nSPS) is 14.9. The Morgan fingerprint density at radius 3 is 1.26 bits per heavy atom. The molecule has 0 aromatic rings. The number of carbonyl (C=O) groups excluding carboxylic acids is 1. The number of rotatable bonds is 49. The smallest absolute Gasteiger partial charge is 0.391 e. The van der Waals surface area contributed by atoms with E-state index in [2.05, 4.69) is 141 Å². The van der Waals surface area contributed by atoms with Crippen molar-refractivity contribution in [2.45, 2.75) is 219 Å². The van der Waals surface area contributed by atoms with Gasteiger partial charge in [0.1, 0.15) is 13.2 Å². The lowest BCUT2D eigenvalue weighted by Gasteiger charge is -2.26. The van der Waals surface area contributed by atoms with Crippen LogP contribution in [0, 0.1) is 0 Å². The topological polar surface area (TPSA) is 105 Å². The number of carbonyl (C=O) groups is 1. The monoisotopic (exact) mass is 994 g/mol. The van der Waals surface area contributed by atoms with Crippen molar-refractivity contribution in [3.63, 3.8) is 0 Å². The standard InChI is InChI=1S/C61H105N2O6P/c1-6-8-10-12-14-16-18-20-21-22-23-24-25-26-27-28-29-30-31-32-33-34-35-36-37-38-39-40-41-43-45-47-49-51-53-55-61(65)62-59(58-69-70(66,67)68-57-56-63(3,4)5)60(64)54-52-50-48-46-44-42-19-17-15-13-11-9-7-2/h8,10,14,16,20-21,23-24,26-27,29-30,32-33,35-36,38-39,41,43,59-60,64H,6-7,9,11-13,15,17-19,22,25,28,31,34,37,40,42,44-58H2,1-5H3,(H-,62,65,66,67)/p+1/b10-8-,16-14-,21-20-,24-23-,27-26-,30-29-,33-32-,36-35-,39-38-,43-41-. The lowest BCUT2D eigenvalue weighted by Crippen LogP contribution is -2.46. The molecule has 0 aliphatic carbocycles. The van der Waals surface area contributed by atoms with Crippen molar-refractivity contribution in [3.8, 4) is 0 Å². The number of amides is 1. The molecule has 70 heavy (non-hydrogen) atoms. The number of phosphoric ester groups is 1. The van der Waals surface area contributed by atoms with Gasteiger partial charge in [0.15, 0.2) is 0 Å². The first kappa shape index (κ1) is 66.9. The molecule has 0 bridgehead atoms. The molecule has 0 saturated heterocycles. The zero-order valence-electron chi connectivity index (χ0n) is 45.5. The van der Waals surface area contributed by atoms with Crippen molar-refractivity contribution in [1.29, 1.82) is 0 Å². The summed E-state index contributed by atoms with van der Waals surface area (Å²) in [5.41, 5.74) is 0. The van der Waals surface area contributed by atoms with Gasteiger partial charge in [-0.2, -0.15) is 0 Å². The highest BCUT2D eigenvalue weighted by Crippen LogP contribution is 2.43. The zero-order valence-corrected chi connectivity index (χ0v) is 46.4. The lowest BCUT2D eigenvalue weighted by atomic mass is 10.0. The minimum atomic E-state index is -4.33. The lowest BCUT2D eigenvalue weighted by molar-refractivity contribution is -0.870. The first-order valence-corrected chi connectivity index (χ1v) is 29.4. The van der Waals surface area contributed by atoms with Crippen LogP contribution in [0.5, 0.6) is 0 Å². The average molecular weight is 995 g/mol. The number of hydrogen-bond acceptors (Lipinski definition) is 5. The number of aliphatic hydroxyl groups excluding tert-OH is 1. The number of nitrogens with one attached hydrogen (secondary N) is 1. The van der Waals surface area contributed by atoms with Gasteiger partial charge >= 0.3 is 7.82 Å². The summed E-state index contributed by atoms with van der Waals surface area (Å²) in [7, 11) is 1.58. The van der Waals surface area contributed by atoms with Crippen molar-refractivity contribution in [2.24, 2.45) is 0 Å². The Balaban J connectivity index is 4.23. The number of unbranched alkanes of at least 4 members (excludes halogenated alkanes) is 16. The van der Waals surface area contributed by atoms with Crippen LogP contribution in [0.15, 0.2) is 122 Å². The molecule has 1 amide bonds. The molecular formula is C61H106N2O6P+. The summed E-state index contributed by atoms with van der Waals surface area (Å²) in [6.07, 6.45) is 75.4. The van der Waals surface area contributed by atoms with Gasteiger partial charge in [-0.3, -0.25) is 13.8 Å². The molecule has 0 aliphatic heterocycles. The molecule has 0 rings (SSSR count). The van der Waals surface area contributed by atoms with E-state index in [4.69, 9.17) is 9.05 Å². The highest BCUT2D eigenvalue weighted by Gasteiger charge is 2.28. The number of nitrogens with zero attached hydrogens (tertiary/aromatic N) is 1. The van der Waals surface area contributed by atoms with E-state index >= 15 is 0 Å². The van der Waals surface area contributed by atoms with E-state index in [0.29, 0.717) is 23.9 Å². The first-order chi connectivity index (χ1) is 34.0. The number of hydrogen-bond donors (Lipinski definition) is 3. The Morgan fingerprint density at radius 2 is 0.857 bits per heavy atom. The van der Waals surface area contributed by atoms with Gasteiger partial charge in [0.25, 0.3) is 0 Å². The first-order valence-electron chi connectivity index (χ1n) is 27.9. The molecule has 0 aliphatic rings. The van der Waals surface area contributed by atoms with Crippen molar-refractivity contribution in [1.82, 2.24) is 5.32 Å². The maximum atomic E-state index is 13.0. The maximum absolute atomic E-state index is 13.0. The largest absolute Gasteiger partial charge is 0.472 e. The Labute approximate surface area is 431 Å². The molecule has 3 N–H and O–H groups in total. The summed E-state index contributed by atoms with van der Waals surface area (Å²) in [5.74, 6) is -0.174. The highest BCUT2D eigenvalue weighted by atomic mass is 31.2. The number of aliphatic hydroxyl groups is 1. The quantitative estimate of drug-likeness (QED) is 0.0243. The Bertz CT molecular complexity index is 1550. The molecule has 0 aromatic carbocycles. The Kier molecular flexibility index (Phi) is 48.6. The van der Waals surface area contributed by atoms with Gasteiger partial charge in [0.05, 0.1) is 39.9 Å². The van der Waals surface area contributed by atoms with E-state index < -0.39 is 20.0 Å². The van der Waals surface area contributed by atoms with Gasteiger partial charge < -0.3 is 19.8 Å². The Morgan fingerprint density at radius 1 is 0.500 bits per heavy atom. The molecule has 0 fully saturated rings. The fraction of sp³-hybridized carbons (Fsp3) is 0.656. The summed E-state index contributed by atoms with van der Waals surface area (Å²) < 4.78 is 23.7. The van der Waals surface area contributed by atoms with Crippen LogP contribution in [-0.2, 0) is 18.4 Å². The van der Waals surface area contributed by atoms with E-state index in [9.17, 15) is 19.4 Å².